The van der Waals surface area contributed by atoms with E-state index >= 15 is 0 Å². The molecule has 164 valence electrons. The maximum absolute atomic E-state index is 12.6. The predicted octanol–water partition coefficient (Wildman–Crippen LogP) is 5.10. The zero-order chi connectivity index (χ0) is 22.5. The Balaban J connectivity index is 1.43. The van der Waals surface area contributed by atoms with Crippen LogP contribution in [0.1, 0.15) is 22.3 Å². The molecule has 7 heteroatoms. The molecule has 1 aliphatic rings. The van der Waals surface area contributed by atoms with Crippen molar-refractivity contribution < 1.29 is 19.1 Å². The second-order valence-electron chi connectivity index (χ2n) is 7.47. The number of halogens is 1. The lowest BCUT2D eigenvalue weighted by molar-refractivity contribution is -0.121. The van der Waals surface area contributed by atoms with E-state index in [0.717, 1.165) is 5.75 Å². The summed E-state index contributed by atoms with van der Waals surface area (Å²) in [5.74, 6) is 0.938. The van der Waals surface area contributed by atoms with Crippen molar-refractivity contribution >= 4 is 34.8 Å². The van der Waals surface area contributed by atoms with Crippen molar-refractivity contribution in [2.45, 2.75) is 13.3 Å². The number of anilines is 2. The van der Waals surface area contributed by atoms with Crippen molar-refractivity contribution in [1.29, 1.82) is 0 Å². The molecule has 0 unspecified atom stereocenters. The van der Waals surface area contributed by atoms with Crippen molar-refractivity contribution in [1.82, 2.24) is 0 Å². The van der Waals surface area contributed by atoms with Crippen LogP contribution in [0.15, 0.2) is 66.7 Å². The standard InChI is InChI=1S/C25H23ClN2O4/c1-17-7-10-19(11-8-17)31-14-4-13-28-22-15-18(9-12-23(22)32-16-24(28)29)27-25(30)20-5-2-3-6-21(20)26/h2-3,5-12,15H,4,13-14,16H2,1H3,(H,27,30). The Labute approximate surface area is 191 Å². The van der Waals surface area contributed by atoms with E-state index in [1.165, 1.54) is 5.56 Å². The lowest BCUT2D eigenvalue weighted by atomic mass is 10.1. The fourth-order valence-corrected chi connectivity index (χ4v) is 3.64. The molecule has 0 spiro atoms. The van der Waals surface area contributed by atoms with Crippen LogP contribution in [-0.2, 0) is 4.79 Å². The molecular formula is C25H23ClN2O4. The summed E-state index contributed by atoms with van der Waals surface area (Å²) in [7, 11) is 0. The van der Waals surface area contributed by atoms with Crippen LogP contribution in [0.5, 0.6) is 11.5 Å². The van der Waals surface area contributed by atoms with Gasteiger partial charge in [0, 0.05) is 12.2 Å². The average molecular weight is 451 g/mol. The highest BCUT2D eigenvalue weighted by molar-refractivity contribution is 6.34. The minimum Gasteiger partial charge on any atom is -0.494 e. The minimum absolute atomic E-state index is 0.0167. The molecule has 1 aliphatic heterocycles. The van der Waals surface area contributed by atoms with Crippen LogP contribution in [0.4, 0.5) is 11.4 Å². The third-order valence-electron chi connectivity index (χ3n) is 5.09. The molecule has 0 aliphatic carbocycles. The molecule has 4 rings (SSSR count). The minimum atomic E-state index is -0.323. The molecular weight excluding hydrogens is 428 g/mol. The maximum Gasteiger partial charge on any atom is 0.265 e. The second kappa shape index (κ2) is 9.75. The summed E-state index contributed by atoms with van der Waals surface area (Å²) in [6.07, 6.45) is 0.648. The van der Waals surface area contributed by atoms with Crippen molar-refractivity contribution in [3.05, 3.63) is 82.9 Å². The van der Waals surface area contributed by atoms with E-state index in [1.807, 2.05) is 31.2 Å². The number of amides is 2. The van der Waals surface area contributed by atoms with Crippen molar-refractivity contribution in [2.75, 3.05) is 30.0 Å². The lowest BCUT2D eigenvalue weighted by Crippen LogP contribution is -2.39. The number of aryl methyl sites for hydroxylation is 1. The molecule has 0 saturated carbocycles. The van der Waals surface area contributed by atoms with E-state index in [9.17, 15) is 9.59 Å². The highest BCUT2D eigenvalue weighted by atomic mass is 35.5. The number of carbonyl (C=O) groups excluding carboxylic acids is 2. The van der Waals surface area contributed by atoms with Crippen LogP contribution in [0.2, 0.25) is 5.02 Å². The summed E-state index contributed by atoms with van der Waals surface area (Å²) >= 11 is 6.12. The van der Waals surface area contributed by atoms with Crippen molar-refractivity contribution in [2.24, 2.45) is 0 Å². The van der Waals surface area contributed by atoms with Gasteiger partial charge in [-0.05, 0) is 55.8 Å². The first-order valence-electron chi connectivity index (χ1n) is 10.3. The predicted molar refractivity (Wildman–Crippen MR) is 125 cm³/mol. The van der Waals surface area contributed by atoms with E-state index in [1.54, 1.807) is 47.4 Å². The van der Waals surface area contributed by atoms with Crippen LogP contribution >= 0.6 is 11.6 Å². The number of hydrogen-bond donors (Lipinski definition) is 1. The number of fused-ring (bicyclic) bond motifs is 1. The van der Waals surface area contributed by atoms with Gasteiger partial charge in [0.25, 0.3) is 11.8 Å². The van der Waals surface area contributed by atoms with Crippen LogP contribution in [0.25, 0.3) is 0 Å². The third kappa shape index (κ3) is 5.03. The van der Waals surface area contributed by atoms with Crippen LogP contribution < -0.4 is 19.7 Å². The molecule has 1 N–H and O–H groups in total. The summed E-state index contributed by atoms with van der Waals surface area (Å²) in [4.78, 5) is 26.8. The molecule has 0 saturated heterocycles. The van der Waals surface area contributed by atoms with Gasteiger partial charge in [-0.3, -0.25) is 9.59 Å². The monoisotopic (exact) mass is 450 g/mol. The van der Waals surface area contributed by atoms with Gasteiger partial charge >= 0.3 is 0 Å². The van der Waals surface area contributed by atoms with Gasteiger partial charge in [0.05, 0.1) is 22.9 Å². The van der Waals surface area contributed by atoms with E-state index in [4.69, 9.17) is 21.1 Å². The van der Waals surface area contributed by atoms with Gasteiger partial charge in [0.1, 0.15) is 11.5 Å². The highest BCUT2D eigenvalue weighted by Crippen LogP contribution is 2.35. The molecule has 1 heterocycles. The summed E-state index contributed by atoms with van der Waals surface area (Å²) in [6, 6.07) is 19.9. The first kappa shape index (κ1) is 21.7. The van der Waals surface area contributed by atoms with Crippen LogP contribution in [0, 0.1) is 6.92 Å². The average Bonchev–Trinajstić information content (AvgIpc) is 2.79. The topological polar surface area (TPSA) is 67.9 Å². The highest BCUT2D eigenvalue weighted by Gasteiger charge is 2.26. The fourth-order valence-electron chi connectivity index (χ4n) is 3.42. The first-order chi connectivity index (χ1) is 15.5. The molecule has 2 amide bonds. The maximum atomic E-state index is 12.6. The Morgan fingerprint density at radius 3 is 2.69 bits per heavy atom. The Morgan fingerprint density at radius 2 is 1.91 bits per heavy atom. The summed E-state index contributed by atoms with van der Waals surface area (Å²) in [5, 5.41) is 3.21. The molecule has 0 aromatic heterocycles. The Bertz CT molecular complexity index is 1130. The number of nitrogens with one attached hydrogen (secondary N) is 1. The molecule has 0 atom stereocenters. The summed E-state index contributed by atoms with van der Waals surface area (Å²) in [5.41, 5.74) is 2.72. The SMILES string of the molecule is Cc1ccc(OCCCN2C(=O)COc3ccc(NC(=O)c4ccccc4Cl)cc32)cc1. The molecule has 0 radical (unpaired) electrons. The summed E-state index contributed by atoms with van der Waals surface area (Å²) in [6.45, 7) is 2.96. The van der Waals surface area contributed by atoms with E-state index in [2.05, 4.69) is 5.32 Å². The molecule has 6 nitrogen and oxygen atoms in total. The van der Waals surface area contributed by atoms with Gasteiger partial charge < -0.3 is 19.7 Å². The Morgan fingerprint density at radius 1 is 1.12 bits per heavy atom. The van der Waals surface area contributed by atoms with Gasteiger partial charge in [-0.1, -0.05) is 41.4 Å². The van der Waals surface area contributed by atoms with E-state index < -0.39 is 0 Å². The Hall–Kier alpha value is -3.51. The zero-order valence-electron chi connectivity index (χ0n) is 17.6. The van der Waals surface area contributed by atoms with Gasteiger partial charge in [-0.2, -0.15) is 0 Å². The van der Waals surface area contributed by atoms with Gasteiger partial charge in [0.2, 0.25) is 0 Å². The number of rotatable bonds is 7. The number of benzene rings is 3. The van der Waals surface area contributed by atoms with Gasteiger partial charge in [-0.15, -0.1) is 0 Å². The van der Waals surface area contributed by atoms with Crippen molar-refractivity contribution in [3.63, 3.8) is 0 Å². The molecule has 0 bridgehead atoms. The quantitative estimate of drug-likeness (QED) is 0.509. The van der Waals surface area contributed by atoms with Crippen LogP contribution in [0.3, 0.4) is 0 Å². The lowest BCUT2D eigenvalue weighted by Gasteiger charge is -2.30. The Kier molecular flexibility index (Phi) is 6.61. The third-order valence-corrected chi connectivity index (χ3v) is 5.42. The summed E-state index contributed by atoms with van der Waals surface area (Å²) < 4.78 is 11.3. The normalized spacial score (nSPS) is 12.7. The van der Waals surface area contributed by atoms with E-state index in [0.29, 0.717) is 47.3 Å². The second-order valence-corrected chi connectivity index (χ2v) is 7.87. The largest absolute Gasteiger partial charge is 0.494 e. The first-order valence-corrected chi connectivity index (χ1v) is 10.7. The molecule has 3 aromatic rings. The fraction of sp³-hybridized carbons (Fsp3) is 0.200. The number of carbonyl (C=O) groups is 2. The molecule has 0 fully saturated rings. The molecule has 32 heavy (non-hydrogen) atoms. The molecule has 3 aromatic carbocycles. The number of nitrogens with zero attached hydrogens (tertiary/aromatic N) is 1. The van der Waals surface area contributed by atoms with Gasteiger partial charge in [-0.25, -0.2) is 0 Å². The van der Waals surface area contributed by atoms with Gasteiger partial charge in [0.15, 0.2) is 6.61 Å². The van der Waals surface area contributed by atoms with E-state index in [-0.39, 0.29) is 18.4 Å². The van der Waals surface area contributed by atoms with Crippen molar-refractivity contribution in [3.8, 4) is 11.5 Å². The smallest absolute Gasteiger partial charge is 0.265 e. The zero-order valence-corrected chi connectivity index (χ0v) is 18.4. The van der Waals surface area contributed by atoms with Crippen LogP contribution in [-0.4, -0.2) is 31.6 Å². The number of ether oxygens (including phenoxy) is 2. The number of hydrogen-bond acceptors (Lipinski definition) is 4.